The Balaban J connectivity index is 2.94. The molecule has 2 rings (SSSR count). The number of carbonyl (C=O) groups is 1. The Hall–Kier alpha value is -1.34. The maximum absolute atomic E-state index is 10.7. The summed E-state index contributed by atoms with van der Waals surface area (Å²) in [6, 6.07) is 11.2. The van der Waals surface area contributed by atoms with Crippen LogP contribution in [0.2, 0.25) is 5.02 Å². The van der Waals surface area contributed by atoms with Gasteiger partial charge in [0.15, 0.2) is 6.29 Å². The fourth-order valence-electron chi connectivity index (χ4n) is 1.42. The maximum Gasteiger partial charge on any atom is 0.150 e. The highest BCUT2D eigenvalue weighted by Crippen LogP contribution is 2.25. The van der Waals surface area contributed by atoms with Crippen molar-refractivity contribution in [2.24, 2.45) is 0 Å². The predicted molar refractivity (Wildman–Crippen MR) is 54.3 cm³/mol. The summed E-state index contributed by atoms with van der Waals surface area (Å²) in [5.41, 5.74) is 0.642. The molecule has 2 heteroatoms. The molecule has 2 aromatic rings. The number of hydrogen-bond acceptors (Lipinski definition) is 1. The van der Waals surface area contributed by atoms with Crippen molar-refractivity contribution in [2.75, 3.05) is 0 Å². The van der Waals surface area contributed by atoms with Gasteiger partial charge in [-0.15, -0.1) is 0 Å². The fraction of sp³-hybridized carbons (Fsp3) is 0. The van der Waals surface area contributed by atoms with E-state index >= 15 is 0 Å². The number of benzene rings is 2. The van der Waals surface area contributed by atoms with Crippen molar-refractivity contribution < 1.29 is 4.79 Å². The number of halogens is 1. The summed E-state index contributed by atoms with van der Waals surface area (Å²) in [4.78, 5) is 10.7. The van der Waals surface area contributed by atoms with Crippen LogP contribution in [0.3, 0.4) is 0 Å². The highest BCUT2D eigenvalue weighted by molar-refractivity contribution is 6.36. The lowest BCUT2D eigenvalue weighted by Gasteiger charge is -2.01. The Morgan fingerprint density at radius 3 is 2.46 bits per heavy atom. The molecule has 2 aromatic carbocycles. The summed E-state index contributed by atoms with van der Waals surface area (Å²) in [6.07, 6.45) is 0.828. The molecule has 0 fully saturated rings. The zero-order valence-corrected chi connectivity index (χ0v) is 7.58. The summed E-state index contributed by atoms with van der Waals surface area (Å²) in [7, 11) is 0. The van der Waals surface area contributed by atoms with Crippen molar-refractivity contribution in [3.8, 4) is 0 Å². The molecule has 0 amide bonds. The third kappa shape index (κ3) is 1.31. The molecular formula is C11H7ClO. The first-order valence-electron chi connectivity index (χ1n) is 3.95. The smallest absolute Gasteiger partial charge is 0.150 e. The van der Waals surface area contributed by atoms with Crippen LogP contribution in [0.4, 0.5) is 0 Å². The minimum absolute atomic E-state index is 0.625. The average molecular weight is 191 g/mol. The van der Waals surface area contributed by atoms with Gasteiger partial charge in [-0.3, -0.25) is 4.79 Å². The zero-order valence-electron chi connectivity index (χ0n) is 6.83. The first-order chi connectivity index (χ1) is 6.33. The van der Waals surface area contributed by atoms with E-state index in [1.165, 1.54) is 0 Å². The lowest BCUT2D eigenvalue weighted by molar-refractivity contribution is 0.112. The average Bonchev–Trinajstić information content (AvgIpc) is 2.17. The third-order valence-electron chi connectivity index (χ3n) is 2.01. The molecule has 0 unspecified atom stereocenters. The van der Waals surface area contributed by atoms with Gasteiger partial charge in [-0.05, 0) is 11.5 Å². The van der Waals surface area contributed by atoms with E-state index in [1.54, 1.807) is 12.1 Å². The summed E-state index contributed by atoms with van der Waals surface area (Å²) in [5.74, 6) is 0. The lowest BCUT2D eigenvalue weighted by atomic mass is 10.1. The molecule has 0 spiro atoms. The molecular weight excluding hydrogens is 184 g/mol. The second-order valence-electron chi connectivity index (χ2n) is 2.80. The molecule has 64 valence electrons. The van der Waals surface area contributed by atoms with Crippen molar-refractivity contribution in [3.05, 3.63) is 47.0 Å². The van der Waals surface area contributed by atoms with E-state index in [2.05, 4.69) is 0 Å². The van der Waals surface area contributed by atoms with Gasteiger partial charge in [-0.2, -0.15) is 0 Å². The molecule has 0 aliphatic rings. The van der Waals surface area contributed by atoms with Crippen LogP contribution in [0.5, 0.6) is 0 Å². The van der Waals surface area contributed by atoms with E-state index < -0.39 is 0 Å². The molecule has 0 saturated carbocycles. The lowest BCUT2D eigenvalue weighted by Crippen LogP contribution is -1.83. The second kappa shape index (κ2) is 3.19. The van der Waals surface area contributed by atoms with E-state index in [9.17, 15) is 4.79 Å². The van der Waals surface area contributed by atoms with Gasteiger partial charge in [-0.25, -0.2) is 0 Å². The van der Waals surface area contributed by atoms with Gasteiger partial charge >= 0.3 is 0 Å². The zero-order chi connectivity index (χ0) is 9.26. The summed E-state index contributed by atoms with van der Waals surface area (Å²) in [5, 5.41) is 2.46. The van der Waals surface area contributed by atoms with E-state index in [4.69, 9.17) is 11.6 Å². The van der Waals surface area contributed by atoms with Gasteiger partial charge in [0.25, 0.3) is 0 Å². The quantitative estimate of drug-likeness (QED) is 0.631. The Morgan fingerprint density at radius 2 is 1.77 bits per heavy atom. The number of fused-ring (bicyclic) bond motifs is 1. The van der Waals surface area contributed by atoms with Crippen LogP contribution in [0.15, 0.2) is 36.4 Å². The molecule has 1 nitrogen and oxygen atoms in total. The van der Waals surface area contributed by atoms with Crippen molar-refractivity contribution in [3.63, 3.8) is 0 Å². The Kier molecular flexibility index (Phi) is 2.03. The van der Waals surface area contributed by atoms with Crippen LogP contribution < -0.4 is 0 Å². The van der Waals surface area contributed by atoms with Gasteiger partial charge in [-0.1, -0.05) is 41.9 Å². The van der Waals surface area contributed by atoms with E-state index in [0.717, 1.165) is 17.1 Å². The van der Waals surface area contributed by atoms with Crippen molar-refractivity contribution >= 4 is 28.7 Å². The number of hydrogen-bond donors (Lipinski definition) is 0. The van der Waals surface area contributed by atoms with Crippen LogP contribution in [0.1, 0.15) is 10.4 Å². The molecule has 0 atom stereocenters. The van der Waals surface area contributed by atoms with Gasteiger partial charge in [0.05, 0.1) is 0 Å². The maximum atomic E-state index is 10.7. The third-order valence-corrected chi connectivity index (χ3v) is 2.33. The van der Waals surface area contributed by atoms with Gasteiger partial charge in [0, 0.05) is 16.0 Å². The molecule has 13 heavy (non-hydrogen) atoms. The van der Waals surface area contributed by atoms with Crippen LogP contribution in [0.25, 0.3) is 10.8 Å². The molecule has 0 aromatic heterocycles. The van der Waals surface area contributed by atoms with Crippen LogP contribution >= 0.6 is 11.6 Å². The highest BCUT2D eigenvalue weighted by Gasteiger charge is 2.02. The predicted octanol–water partition coefficient (Wildman–Crippen LogP) is 3.31. The van der Waals surface area contributed by atoms with Gasteiger partial charge in [0.2, 0.25) is 0 Å². The van der Waals surface area contributed by atoms with E-state index in [1.807, 2.05) is 24.3 Å². The summed E-state index contributed by atoms with van der Waals surface area (Å²) >= 11 is 5.98. The minimum Gasteiger partial charge on any atom is -0.298 e. The summed E-state index contributed by atoms with van der Waals surface area (Å²) in [6.45, 7) is 0. The van der Waals surface area contributed by atoms with E-state index in [-0.39, 0.29) is 0 Å². The Labute approximate surface area is 80.9 Å². The molecule has 0 heterocycles. The molecule has 0 saturated heterocycles. The second-order valence-corrected chi connectivity index (χ2v) is 3.21. The van der Waals surface area contributed by atoms with Crippen molar-refractivity contribution in [1.29, 1.82) is 0 Å². The number of rotatable bonds is 1. The monoisotopic (exact) mass is 190 g/mol. The van der Waals surface area contributed by atoms with Crippen LogP contribution in [0, 0.1) is 0 Å². The number of carbonyl (C=O) groups excluding carboxylic acids is 1. The first kappa shape index (κ1) is 8.27. The Bertz CT molecular complexity index is 457. The normalized spacial score (nSPS) is 10.2. The van der Waals surface area contributed by atoms with E-state index in [0.29, 0.717) is 10.6 Å². The fourth-order valence-corrected chi connectivity index (χ4v) is 1.71. The molecule has 0 bridgehead atoms. The largest absolute Gasteiger partial charge is 0.298 e. The molecule has 0 aliphatic carbocycles. The Morgan fingerprint density at radius 1 is 1.08 bits per heavy atom. The standard InChI is InChI=1S/C11H7ClO/c12-10-6-2-4-8-3-1-5-9(7-13)11(8)10/h1-7H. The SMILES string of the molecule is O=Cc1cccc2cccc(Cl)c12. The van der Waals surface area contributed by atoms with Crippen molar-refractivity contribution in [1.82, 2.24) is 0 Å². The van der Waals surface area contributed by atoms with Crippen LogP contribution in [-0.4, -0.2) is 6.29 Å². The van der Waals surface area contributed by atoms with Crippen LogP contribution in [-0.2, 0) is 0 Å². The topological polar surface area (TPSA) is 17.1 Å². The molecule has 0 radical (unpaired) electrons. The first-order valence-corrected chi connectivity index (χ1v) is 4.33. The minimum atomic E-state index is 0.625. The van der Waals surface area contributed by atoms with Crippen molar-refractivity contribution in [2.45, 2.75) is 0 Å². The summed E-state index contributed by atoms with van der Waals surface area (Å²) < 4.78 is 0. The van der Waals surface area contributed by atoms with Gasteiger partial charge < -0.3 is 0 Å². The molecule has 0 N–H and O–H groups in total. The number of aldehydes is 1. The molecule has 0 aliphatic heterocycles. The van der Waals surface area contributed by atoms with Gasteiger partial charge in [0.1, 0.15) is 0 Å². The highest BCUT2D eigenvalue weighted by atomic mass is 35.5.